The molecule has 4 amide bonds. The Kier molecular flexibility index (Phi) is 5.65. The van der Waals surface area contributed by atoms with Crippen LogP contribution < -0.4 is 10.7 Å². The van der Waals surface area contributed by atoms with Crippen LogP contribution in [0.4, 0.5) is 4.79 Å². The minimum atomic E-state index is -1.08. The molecular weight excluding hydrogens is 336 g/mol. The van der Waals surface area contributed by atoms with Gasteiger partial charge < -0.3 is 10.2 Å². The van der Waals surface area contributed by atoms with E-state index in [0.29, 0.717) is 32.0 Å². The Morgan fingerprint density at radius 1 is 1.23 bits per heavy atom. The highest BCUT2D eigenvalue weighted by Gasteiger charge is 2.42. The molecule has 8 nitrogen and oxygen atoms in total. The molecule has 2 heterocycles. The number of rotatable bonds is 5. The van der Waals surface area contributed by atoms with Gasteiger partial charge in [-0.25, -0.2) is 9.80 Å². The summed E-state index contributed by atoms with van der Waals surface area (Å²) < 4.78 is 5.30. The van der Waals surface area contributed by atoms with Crippen LogP contribution in [0, 0.1) is 5.92 Å². The molecule has 0 bridgehead atoms. The smallest absolute Gasteiger partial charge is 0.331 e. The molecule has 26 heavy (non-hydrogen) atoms. The fraction of sp³-hybridized carbons (Fsp3) is 0.389. The summed E-state index contributed by atoms with van der Waals surface area (Å²) in [4.78, 5) is 38.5. The highest BCUT2D eigenvalue weighted by atomic mass is 16.5. The second-order valence-electron chi connectivity index (χ2n) is 6.09. The summed E-state index contributed by atoms with van der Waals surface area (Å²) in [6, 6.07) is 8.49. The first kappa shape index (κ1) is 18.1. The van der Waals surface area contributed by atoms with E-state index >= 15 is 0 Å². The molecule has 0 saturated carbocycles. The highest BCUT2D eigenvalue weighted by Crippen LogP contribution is 2.20. The summed E-state index contributed by atoms with van der Waals surface area (Å²) in [5.74, 6) is -2.22. The van der Waals surface area contributed by atoms with Crippen molar-refractivity contribution in [2.75, 3.05) is 26.3 Å². The van der Waals surface area contributed by atoms with Gasteiger partial charge in [-0.2, -0.15) is 0 Å². The number of nitrogens with one attached hydrogen (secondary N) is 2. The summed E-state index contributed by atoms with van der Waals surface area (Å²) in [7, 11) is 0. The first-order valence-corrected chi connectivity index (χ1v) is 8.56. The topological polar surface area (TPSA) is 91.0 Å². The van der Waals surface area contributed by atoms with Crippen molar-refractivity contribution in [2.24, 2.45) is 5.92 Å². The average Bonchev–Trinajstić information content (AvgIpc) is 2.66. The lowest BCUT2D eigenvalue weighted by Crippen LogP contribution is -2.60. The van der Waals surface area contributed by atoms with E-state index in [0.717, 1.165) is 10.5 Å². The molecule has 3 rings (SSSR count). The molecule has 0 radical (unpaired) electrons. The number of imide groups is 2. The number of morpholine rings is 1. The minimum Gasteiger partial charge on any atom is -0.379 e. The second-order valence-corrected chi connectivity index (χ2v) is 6.09. The van der Waals surface area contributed by atoms with Crippen molar-refractivity contribution in [2.45, 2.75) is 13.5 Å². The number of nitrogens with zero attached hydrogens (tertiary/aromatic N) is 2. The highest BCUT2D eigenvalue weighted by molar-refractivity contribution is 6.17. The Bertz CT molecular complexity index is 713. The SMILES string of the molecule is C/C=C(/NN1CCOCC1)[C@H]1C(=O)NC(=O)N(Cc2ccccc2)C1=O. The van der Waals surface area contributed by atoms with Gasteiger partial charge in [-0.3, -0.25) is 19.8 Å². The maximum Gasteiger partial charge on any atom is 0.331 e. The predicted molar refractivity (Wildman–Crippen MR) is 93.3 cm³/mol. The van der Waals surface area contributed by atoms with Crippen molar-refractivity contribution >= 4 is 17.8 Å². The van der Waals surface area contributed by atoms with Crippen LogP contribution in [0.3, 0.4) is 0 Å². The quantitative estimate of drug-likeness (QED) is 0.750. The van der Waals surface area contributed by atoms with Crippen molar-refractivity contribution in [3.05, 3.63) is 47.7 Å². The number of ether oxygens (including phenoxy) is 1. The molecule has 2 N–H and O–H groups in total. The molecule has 0 spiro atoms. The van der Waals surface area contributed by atoms with Gasteiger partial charge in [0.2, 0.25) is 11.8 Å². The molecule has 0 aromatic heterocycles. The fourth-order valence-corrected chi connectivity index (χ4v) is 2.96. The minimum absolute atomic E-state index is 0.115. The number of hydrogen-bond acceptors (Lipinski definition) is 6. The zero-order valence-electron chi connectivity index (χ0n) is 14.6. The molecule has 2 fully saturated rings. The van der Waals surface area contributed by atoms with Gasteiger partial charge >= 0.3 is 6.03 Å². The third-order valence-corrected chi connectivity index (χ3v) is 4.35. The fourth-order valence-electron chi connectivity index (χ4n) is 2.96. The van der Waals surface area contributed by atoms with Crippen molar-refractivity contribution < 1.29 is 19.1 Å². The number of carbonyl (C=O) groups excluding carboxylic acids is 3. The van der Waals surface area contributed by atoms with Crippen LogP contribution in [0.15, 0.2) is 42.1 Å². The lowest BCUT2D eigenvalue weighted by molar-refractivity contribution is -0.141. The third-order valence-electron chi connectivity index (χ3n) is 4.35. The van der Waals surface area contributed by atoms with E-state index < -0.39 is 23.8 Å². The third kappa shape index (κ3) is 3.92. The number of barbiturate groups is 1. The largest absolute Gasteiger partial charge is 0.379 e. The van der Waals surface area contributed by atoms with Crippen LogP contribution in [0.5, 0.6) is 0 Å². The molecule has 8 heteroatoms. The number of allylic oxidation sites excluding steroid dienone is 1. The summed E-state index contributed by atoms with van der Waals surface area (Å²) >= 11 is 0. The Morgan fingerprint density at radius 2 is 1.92 bits per heavy atom. The number of amides is 4. The first-order valence-electron chi connectivity index (χ1n) is 8.56. The van der Waals surface area contributed by atoms with Gasteiger partial charge in [0.25, 0.3) is 0 Å². The Labute approximate surface area is 151 Å². The van der Waals surface area contributed by atoms with Crippen molar-refractivity contribution in [1.29, 1.82) is 0 Å². The Balaban J connectivity index is 1.77. The van der Waals surface area contributed by atoms with Gasteiger partial charge in [0.05, 0.1) is 19.8 Å². The molecule has 2 aliphatic heterocycles. The molecular formula is C18H22N4O4. The van der Waals surface area contributed by atoms with E-state index in [1.165, 1.54) is 0 Å². The number of hydrazine groups is 1. The summed E-state index contributed by atoms with van der Waals surface area (Å²) in [5.41, 5.74) is 4.40. The van der Waals surface area contributed by atoms with Gasteiger partial charge in [-0.15, -0.1) is 0 Å². The van der Waals surface area contributed by atoms with Crippen LogP contribution in [0.2, 0.25) is 0 Å². The molecule has 2 saturated heterocycles. The number of benzene rings is 1. The molecule has 0 aliphatic carbocycles. The lowest BCUT2D eigenvalue weighted by atomic mass is 10.00. The van der Waals surface area contributed by atoms with E-state index in [9.17, 15) is 14.4 Å². The van der Waals surface area contributed by atoms with E-state index in [4.69, 9.17) is 4.74 Å². The van der Waals surface area contributed by atoms with Crippen molar-refractivity contribution in [3.8, 4) is 0 Å². The molecule has 1 aromatic rings. The predicted octanol–water partition coefficient (Wildman–Crippen LogP) is 0.622. The second kappa shape index (κ2) is 8.11. The maximum absolute atomic E-state index is 12.9. The standard InChI is InChI=1S/C18H22N4O4/c1-2-14(20-21-8-10-26-11-9-21)15-16(23)19-18(25)22(17(15)24)12-13-6-4-3-5-7-13/h2-7,15,20H,8-12H2,1H3,(H,19,23,25)/b14-2+/t15-/m0/s1. The zero-order chi connectivity index (χ0) is 18.5. The Morgan fingerprint density at radius 3 is 2.58 bits per heavy atom. The summed E-state index contributed by atoms with van der Waals surface area (Å²) in [6.07, 6.45) is 1.69. The van der Waals surface area contributed by atoms with Crippen LogP contribution in [0.25, 0.3) is 0 Å². The number of hydrogen-bond donors (Lipinski definition) is 2. The summed E-state index contributed by atoms with van der Waals surface area (Å²) in [6.45, 7) is 4.31. The van der Waals surface area contributed by atoms with E-state index in [1.807, 2.05) is 35.3 Å². The van der Waals surface area contributed by atoms with E-state index in [-0.39, 0.29) is 6.54 Å². The van der Waals surface area contributed by atoms with E-state index in [2.05, 4.69) is 10.7 Å². The number of urea groups is 1. The molecule has 2 aliphatic rings. The van der Waals surface area contributed by atoms with Crippen LogP contribution in [0.1, 0.15) is 12.5 Å². The zero-order valence-corrected chi connectivity index (χ0v) is 14.6. The normalized spacial score (nSPS) is 22.3. The maximum atomic E-state index is 12.9. The molecule has 1 atom stereocenters. The van der Waals surface area contributed by atoms with Gasteiger partial charge in [-0.1, -0.05) is 36.4 Å². The molecule has 0 unspecified atom stereocenters. The summed E-state index contributed by atoms with van der Waals surface area (Å²) in [5, 5.41) is 4.19. The van der Waals surface area contributed by atoms with E-state index in [1.54, 1.807) is 13.0 Å². The first-order chi connectivity index (χ1) is 12.6. The van der Waals surface area contributed by atoms with Crippen molar-refractivity contribution in [1.82, 2.24) is 20.7 Å². The van der Waals surface area contributed by atoms with Crippen molar-refractivity contribution in [3.63, 3.8) is 0 Å². The van der Waals surface area contributed by atoms with Gasteiger partial charge in [0.15, 0.2) is 5.92 Å². The molecule has 138 valence electrons. The van der Waals surface area contributed by atoms with Gasteiger partial charge in [0.1, 0.15) is 0 Å². The molecule has 1 aromatic carbocycles. The van der Waals surface area contributed by atoms with Crippen LogP contribution >= 0.6 is 0 Å². The lowest BCUT2D eigenvalue weighted by Gasteiger charge is -2.35. The number of carbonyl (C=O) groups is 3. The van der Waals surface area contributed by atoms with Gasteiger partial charge in [0, 0.05) is 18.8 Å². The van der Waals surface area contributed by atoms with Crippen LogP contribution in [-0.4, -0.2) is 54.1 Å². The van der Waals surface area contributed by atoms with Crippen LogP contribution in [-0.2, 0) is 20.9 Å². The average molecular weight is 358 g/mol. The van der Waals surface area contributed by atoms with Gasteiger partial charge in [-0.05, 0) is 12.5 Å². The Hall–Kier alpha value is -2.71. The monoisotopic (exact) mass is 358 g/mol.